The molecule has 4 N–H and O–H groups in total. The van der Waals surface area contributed by atoms with Gasteiger partial charge in [0.1, 0.15) is 35.4 Å². The third kappa shape index (κ3) is 13.9. The molecule has 0 unspecified atom stereocenters. The molecule has 0 spiro atoms. The van der Waals surface area contributed by atoms with Crippen molar-refractivity contribution < 1.29 is 29.7 Å². The highest BCUT2D eigenvalue weighted by atomic mass is 79.9. The van der Waals surface area contributed by atoms with E-state index in [0.29, 0.717) is 81.6 Å². The average molecular weight is 1480 g/mol. The van der Waals surface area contributed by atoms with Gasteiger partial charge in [0.05, 0.1) is 39.0 Å². The van der Waals surface area contributed by atoms with E-state index in [1.165, 1.54) is 127 Å². The van der Waals surface area contributed by atoms with E-state index < -0.39 is 16.8 Å². The van der Waals surface area contributed by atoms with Crippen molar-refractivity contribution in [1.82, 2.24) is 45.4 Å². The topological polar surface area (TPSA) is 215 Å². The molecular weight excluding hydrogens is 1350 g/mol. The maximum atomic E-state index is 13.6. The largest absolute Gasteiger partial charge is 0.390 e. The van der Waals surface area contributed by atoms with Gasteiger partial charge < -0.3 is 15.3 Å². The van der Waals surface area contributed by atoms with Crippen molar-refractivity contribution in [3.05, 3.63) is 59.9 Å². The lowest BCUT2D eigenvalue weighted by molar-refractivity contribution is -0.151. The van der Waals surface area contributed by atoms with Crippen molar-refractivity contribution in [2.24, 2.45) is 121 Å². The minimum atomic E-state index is -0.476. The first-order chi connectivity index (χ1) is 47.6. The van der Waals surface area contributed by atoms with Gasteiger partial charge in [0.15, 0.2) is 11.6 Å². The molecule has 0 radical (unpaired) electrons. The van der Waals surface area contributed by atoms with E-state index in [4.69, 9.17) is 0 Å². The number of para-hydroxylation sites is 1. The van der Waals surface area contributed by atoms with Gasteiger partial charge in [-0.1, -0.05) is 109 Å². The maximum absolute atomic E-state index is 13.6. The Kier molecular flexibility index (Phi) is 22.3. The molecule has 24 atom stereocenters. The molecule has 13 aliphatic carbocycles. The second-order valence-corrected chi connectivity index (χ2v) is 39.1. The van der Waals surface area contributed by atoms with Gasteiger partial charge in [0, 0.05) is 17.8 Å². The zero-order chi connectivity index (χ0) is 70.2. The van der Waals surface area contributed by atoms with Crippen LogP contribution in [0, 0.1) is 121 Å². The van der Waals surface area contributed by atoms with Crippen molar-refractivity contribution in [1.29, 1.82) is 0 Å². The normalized spacial score (nSPS) is 43.6. The molecule has 18 rings (SSSR count). The number of aryl methyl sites for hydroxylation is 2. The number of aromatic nitrogens is 9. The maximum Gasteiger partial charge on any atom is 0.159 e. The SMILES string of the molecule is C.C.C.C1CCc2n[nH]nc2C1.C[C@@]1(O)CC[C@@]2(C)[C@H](CC[C@@H]3[C@@H]2CC[C@]2(C)[C@@H](C(=O)CBr)CC[C@@H]32)C1.C[C@@]1(O)CC[C@@]2(C)[C@H](CC[C@@H]3[C@@H]2CC[C@]2(C)[C@@H](C(=O)Cn4nc5ccccc5n4)CC[C@@H]32)C1.C[C@@]1(O)CC[C@@]2(C)[C@H](CC[C@@H]3[C@@H]2CC[C@]2(C)[C@@H](C(=O)Cn4nnc5ccccc54)CC[C@@H]32)C1. The zero-order valence-corrected chi connectivity index (χ0v) is 63.9. The Morgan fingerprint density at radius 1 is 0.437 bits per heavy atom. The summed E-state index contributed by atoms with van der Waals surface area (Å²) in [5.41, 5.74) is 6.14. The third-order valence-electron chi connectivity index (χ3n) is 33.3. The van der Waals surface area contributed by atoms with Gasteiger partial charge in [0.25, 0.3) is 0 Å². The summed E-state index contributed by atoms with van der Waals surface area (Å²) in [5.74, 6) is 10.4. The molecule has 16 heteroatoms. The molecule has 0 amide bonds. The van der Waals surface area contributed by atoms with Gasteiger partial charge >= 0.3 is 0 Å². The number of alkyl halides is 1. The van der Waals surface area contributed by atoms with Gasteiger partial charge in [-0.25, -0.2) is 4.68 Å². The zero-order valence-electron chi connectivity index (χ0n) is 62.3. The first-order valence-corrected chi connectivity index (χ1v) is 41.5. The van der Waals surface area contributed by atoms with E-state index in [1.54, 1.807) is 9.48 Å². The number of aliphatic hydroxyl groups is 3. The summed E-state index contributed by atoms with van der Waals surface area (Å²) >= 11 is 3.43. The molecule has 12 fully saturated rings. The summed E-state index contributed by atoms with van der Waals surface area (Å²) in [7, 11) is 0. The molecule has 5 aromatic rings. The first-order valence-electron chi connectivity index (χ1n) is 40.4. The van der Waals surface area contributed by atoms with Crippen LogP contribution in [0.2, 0.25) is 0 Å². The Morgan fingerprint density at radius 2 is 0.796 bits per heavy atom. The van der Waals surface area contributed by atoms with Crippen molar-refractivity contribution in [3.8, 4) is 0 Å². The highest BCUT2D eigenvalue weighted by Crippen LogP contribution is 2.72. The van der Waals surface area contributed by atoms with Crippen LogP contribution in [0.1, 0.15) is 282 Å². The smallest absolute Gasteiger partial charge is 0.159 e. The number of rotatable bonds is 8. The molecule has 12 saturated carbocycles. The van der Waals surface area contributed by atoms with Crippen LogP contribution in [-0.4, -0.2) is 100 Å². The third-order valence-corrected chi connectivity index (χ3v) is 33.8. The van der Waals surface area contributed by atoms with Gasteiger partial charge in [-0.2, -0.15) is 30.4 Å². The molecule has 13 aliphatic rings. The van der Waals surface area contributed by atoms with Crippen LogP contribution in [0.25, 0.3) is 22.1 Å². The number of aromatic amines is 1. The van der Waals surface area contributed by atoms with E-state index in [9.17, 15) is 29.7 Å². The van der Waals surface area contributed by atoms with Crippen molar-refractivity contribution in [2.75, 3.05) is 5.33 Å². The monoisotopic (exact) mass is 1480 g/mol. The predicted octanol–water partition coefficient (Wildman–Crippen LogP) is 18.8. The number of H-pyrrole nitrogens is 1. The van der Waals surface area contributed by atoms with E-state index in [-0.39, 0.29) is 56.3 Å². The molecule has 103 heavy (non-hydrogen) atoms. The molecule has 2 aromatic carbocycles. The summed E-state index contributed by atoms with van der Waals surface area (Å²) in [5, 5.41) is 60.9. The number of benzene rings is 2. The minimum Gasteiger partial charge on any atom is -0.390 e. The predicted molar refractivity (Wildman–Crippen MR) is 415 cm³/mol. The molecule has 3 heterocycles. The number of fused-ring (bicyclic) bond motifs is 18. The summed E-state index contributed by atoms with van der Waals surface area (Å²) < 4.78 is 1.81. The lowest BCUT2D eigenvalue weighted by Crippen LogP contribution is -2.55. The van der Waals surface area contributed by atoms with E-state index in [2.05, 4.69) is 93.4 Å². The van der Waals surface area contributed by atoms with Gasteiger partial charge in [-0.3, -0.25) is 14.4 Å². The van der Waals surface area contributed by atoms with Crippen LogP contribution in [-0.2, 0) is 40.3 Å². The standard InChI is InChI=1S/2C28H39N3O2.C22H35BrO2.C6H9N3.3CH4/c1-26(33)14-15-27(2)18(16-26)8-9-19-20-10-11-22(28(20,3)13-12-21(19)27)25(32)17-31-24-7-5-4-6-23(24)29-30-31;1-26(33)14-15-27(2)18(16-26)8-9-19-20-10-11-22(28(20,3)13-12-21(19)27)25(32)17-31-29-23-6-4-5-7-24(23)30-31;1-20(25)10-11-21(2)14(12-20)4-5-15-16-6-7-18(19(24)13-23)22(16,3)9-8-17(15)21;1-2-4-6-5(3-1)7-9-8-6;;;/h2*4-7,18-22,33H,8-17H2,1-3H3;14-18,25H,4-13H2,1-3H3;1-4H2,(H,7,8,9);3*1H4/t2*18-,19+,20+,21+,22-,26-,27+,28+;14-,15+,16+,17+,18-,20-,21+,22+;;;;/m111..../s1. The quantitative estimate of drug-likeness (QED) is 0.107. The molecule has 570 valence electrons. The Balaban J connectivity index is 0.000000136. The Morgan fingerprint density at radius 3 is 1.19 bits per heavy atom. The van der Waals surface area contributed by atoms with Gasteiger partial charge in [-0.15, -0.1) is 5.10 Å². The van der Waals surface area contributed by atoms with Gasteiger partial charge in [-0.05, 0) is 348 Å². The first kappa shape index (κ1) is 78.3. The number of ketones is 3. The highest BCUT2D eigenvalue weighted by Gasteiger charge is 2.65. The number of Topliss-reactive ketones (excluding diaryl/α,β-unsaturated/α-hetero) is 3. The summed E-state index contributed by atoms with van der Waals surface area (Å²) in [4.78, 5) is 41.3. The average Bonchev–Trinajstić information content (AvgIpc) is 1.68. The fraction of sp³-hybridized carbons (Fsp3) is 0.805. The minimum absolute atomic E-state index is 0. The van der Waals surface area contributed by atoms with Crippen LogP contribution < -0.4 is 0 Å². The second-order valence-electron chi connectivity index (χ2n) is 38.5. The molecule has 0 saturated heterocycles. The van der Waals surface area contributed by atoms with Crippen molar-refractivity contribution >= 4 is 55.3 Å². The number of nitrogens with zero attached hydrogens (tertiary/aromatic N) is 8. The lowest BCUT2D eigenvalue weighted by atomic mass is 9.44. The fourth-order valence-corrected chi connectivity index (χ4v) is 28.1. The number of carbonyl (C=O) groups is 3. The molecule has 0 aliphatic heterocycles. The van der Waals surface area contributed by atoms with Crippen molar-refractivity contribution in [3.63, 3.8) is 0 Å². The van der Waals surface area contributed by atoms with E-state index >= 15 is 0 Å². The van der Waals surface area contributed by atoms with Crippen LogP contribution in [0.15, 0.2) is 48.5 Å². The molecule has 15 nitrogen and oxygen atoms in total. The number of halogens is 1. The summed E-state index contributed by atoms with van der Waals surface area (Å²) in [6.45, 7) is 21.7. The number of hydrogen-bond donors (Lipinski definition) is 4. The van der Waals surface area contributed by atoms with E-state index in [1.807, 2.05) is 69.3 Å². The van der Waals surface area contributed by atoms with Crippen LogP contribution in [0.5, 0.6) is 0 Å². The van der Waals surface area contributed by atoms with Crippen LogP contribution in [0.3, 0.4) is 0 Å². The highest BCUT2D eigenvalue weighted by molar-refractivity contribution is 9.09. The summed E-state index contributed by atoms with van der Waals surface area (Å²) in [6, 6.07) is 15.8. The fourth-order valence-electron chi connectivity index (χ4n) is 27.8. The summed E-state index contributed by atoms with van der Waals surface area (Å²) in [6.07, 6.45) is 36.0. The Bertz CT molecular complexity index is 3760. The second kappa shape index (κ2) is 29.3. The number of carbonyl (C=O) groups excluding carboxylic acids is 3. The number of nitrogens with one attached hydrogen (secondary N) is 1. The van der Waals surface area contributed by atoms with E-state index in [0.717, 1.165) is 147 Å². The Hall–Kier alpha value is -4.25. The van der Waals surface area contributed by atoms with Crippen molar-refractivity contribution in [2.45, 2.75) is 314 Å². The Labute approximate surface area is 626 Å². The molecule has 0 bridgehead atoms. The van der Waals surface area contributed by atoms with Crippen LogP contribution >= 0.6 is 15.9 Å². The molecule has 3 aromatic heterocycles. The number of hydrogen-bond acceptors (Lipinski definition) is 12. The molecular formula is C87H134BrN9O6. The van der Waals surface area contributed by atoms with Crippen LogP contribution in [0.4, 0.5) is 0 Å². The lowest BCUT2D eigenvalue weighted by Gasteiger charge is -2.61. The van der Waals surface area contributed by atoms with Gasteiger partial charge in [0.2, 0.25) is 0 Å².